The molecular weight excluding hydrogens is 275 g/mol. The first-order valence-corrected chi connectivity index (χ1v) is 5.82. The van der Waals surface area contributed by atoms with Crippen LogP contribution in [0.5, 0.6) is 5.75 Å². The zero-order chi connectivity index (χ0) is 14.8. The van der Waals surface area contributed by atoms with Crippen molar-refractivity contribution in [3.63, 3.8) is 0 Å². The zero-order valence-corrected chi connectivity index (χ0v) is 10.6. The van der Waals surface area contributed by atoms with Crippen LogP contribution in [0.4, 0.5) is 13.2 Å². The van der Waals surface area contributed by atoms with E-state index < -0.39 is 6.36 Å². The van der Waals surface area contributed by atoms with Gasteiger partial charge in [0.15, 0.2) is 0 Å². The quantitative estimate of drug-likeness (QED) is 0.939. The van der Waals surface area contributed by atoms with Gasteiger partial charge in [-0.1, -0.05) is 0 Å². The maximum Gasteiger partial charge on any atom is 0.573 e. The standard InChI is InChI=1S/C13H12F3NO3/c1-8-11(6-7-18)17-12(19-8)9-2-4-10(5-3-9)20-13(14,15)16/h2-5,18H,6-7H2,1H3. The van der Waals surface area contributed by atoms with Gasteiger partial charge in [0, 0.05) is 18.6 Å². The third-order valence-corrected chi connectivity index (χ3v) is 2.58. The van der Waals surface area contributed by atoms with Crippen LogP contribution in [0.1, 0.15) is 11.5 Å². The molecule has 1 aromatic carbocycles. The number of nitrogens with zero attached hydrogens (tertiary/aromatic N) is 1. The second-order valence-corrected chi connectivity index (χ2v) is 4.07. The monoisotopic (exact) mass is 287 g/mol. The highest BCUT2D eigenvalue weighted by atomic mass is 19.4. The van der Waals surface area contributed by atoms with E-state index in [1.165, 1.54) is 24.3 Å². The van der Waals surface area contributed by atoms with Crippen LogP contribution in [0, 0.1) is 6.92 Å². The molecule has 0 saturated heterocycles. The number of aliphatic hydroxyl groups excluding tert-OH is 1. The number of hydrogen-bond acceptors (Lipinski definition) is 4. The number of hydrogen-bond donors (Lipinski definition) is 1. The molecule has 2 aromatic rings. The molecule has 0 spiro atoms. The van der Waals surface area contributed by atoms with Crippen molar-refractivity contribution in [2.75, 3.05) is 6.61 Å². The van der Waals surface area contributed by atoms with Crippen molar-refractivity contribution in [2.45, 2.75) is 19.7 Å². The SMILES string of the molecule is Cc1oc(-c2ccc(OC(F)(F)F)cc2)nc1CCO. The average Bonchev–Trinajstić information content (AvgIpc) is 2.70. The molecule has 1 aromatic heterocycles. The summed E-state index contributed by atoms with van der Waals surface area (Å²) >= 11 is 0. The van der Waals surface area contributed by atoms with Gasteiger partial charge >= 0.3 is 6.36 Å². The minimum atomic E-state index is -4.71. The van der Waals surface area contributed by atoms with E-state index >= 15 is 0 Å². The molecule has 0 aliphatic rings. The van der Waals surface area contributed by atoms with Gasteiger partial charge in [-0.3, -0.25) is 0 Å². The minimum Gasteiger partial charge on any atom is -0.441 e. The number of alkyl halides is 3. The van der Waals surface area contributed by atoms with Crippen LogP contribution in [0.15, 0.2) is 28.7 Å². The molecule has 0 saturated carbocycles. The van der Waals surface area contributed by atoms with Gasteiger partial charge in [0.05, 0.1) is 5.69 Å². The summed E-state index contributed by atoms with van der Waals surface area (Å²) in [6.07, 6.45) is -4.35. The number of oxazole rings is 1. The normalized spacial score (nSPS) is 11.7. The van der Waals surface area contributed by atoms with Crippen LogP contribution in [-0.2, 0) is 6.42 Å². The summed E-state index contributed by atoms with van der Waals surface area (Å²) in [5, 5.41) is 8.86. The van der Waals surface area contributed by atoms with Gasteiger partial charge in [0.1, 0.15) is 11.5 Å². The van der Waals surface area contributed by atoms with E-state index in [1.54, 1.807) is 6.92 Å². The van der Waals surface area contributed by atoms with Gasteiger partial charge in [-0.05, 0) is 31.2 Å². The van der Waals surface area contributed by atoms with Crippen LogP contribution < -0.4 is 4.74 Å². The van der Waals surface area contributed by atoms with Crippen LogP contribution >= 0.6 is 0 Å². The fourth-order valence-corrected chi connectivity index (χ4v) is 1.69. The lowest BCUT2D eigenvalue weighted by molar-refractivity contribution is -0.274. The van der Waals surface area contributed by atoms with Crippen molar-refractivity contribution in [2.24, 2.45) is 0 Å². The molecule has 0 fully saturated rings. The second kappa shape index (κ2) is 5.54. The Kier molecular flexibility index (Phi) is 3.99. The Balaban J connectivity index is 2.19. The number of halogens is 3. The molecule has 0 aliphatic heterocycles. The fourth-order valence-electron chi connectivity index (χ4n) is 1.69. The van der Waals surface area contributed by atoms with Crippen molar-refractivity contribution in [1.82, 2.24) is 4.98 Å². The summed E-state index contributed by atoms with van der Waals surface area (Å²) in [5.41, 5.74) is 1.16. The first kappa shape index (κ1) is 14.4. The summed E-state index contributed by atoms with van der Waals surface area (Å²) in [7, 11) is 0. The van der Waals surface area contributed by atoms with E-state index in [2.05, 4.69) is 9.72 Å². The lowest BCUT2D eigenvalue weighted by Gasteiger charge is -2.08. The molecule has 4 nitrogen and oxygen atoms in total. The second-order valence-electron chi connectivity index (χ2n) is 4.07. The van der Waals surface area contributed by atoms with E-state index in [1.807, 2.05) is 0 Å². The molecule has 0 unspecified atom stereocenters. The van der Waals surface area contributed by atoms with E-state index in [4.69, 9.17) is 9.52 Å². The number of ether oxygens (including phenoxy) is 1. The summed E-state index contributed by atoms with van der Waals surface area (Å²) in [5.74, 6) is 0.564. The molecule has 0 bridgehead atoms. The molecular formula is C13H12F3NO3. The third-order valence-electron chi connectivity index (χ3n) is 2.58. The van der Waals surface area contributed by atoms with Crippen LogP contribution in [0.3, 0.4) is 0 Å². The first-order valence-electron chi connectivity index (χ1n) is 5.82. The third kappa shape index (κ3) is 3.51. The Morgan fingerprint density at radius 1 is 1.25 bits per heavy atom. The molecule has 2 rings (SSSR count). The van der Waals surface area contributed by atoms with E-state index in [0.29, 0.717) is 29.3 Å². The molecule has 0 atom stereocenters. The number of aryl methyl sites for hydroxylation is 1. The summed E-state index contributed by atoms with van der Waals surface area (Å²) < 4.78 is 45.3. The molecule has 7 heteroatoms. The molecule has 1 heterocycles. The minimum absolute atomic E-state index is 0.0504. The fraction of sp³-hybridized carbons (Fsp3) is 0.308. The Bertz CT molecular complexity index is 576. The highest BCUT2D eigenvalue weighted by molar-refractivity contribution is 5.55. The first-order chi connectivity index (χ1) is 9.39. The van der Waals surface area contributed by atoms with Gasteiger partial charge in [-0.2, -0.15) is 0 Å². The van der Waals surface area contributed by atoms with E-state index in [9.17, 15) is 13.2 Å². The molecule has 0 radical (unpaired) electrons. The lowest BCUT2D eigenvalue weighted by Crippen LogP contribution is -2.16. The molecule has 20 heavy (non-hydrogen) atoms. The Morgan fingerprint density at radius 3 is 2.45 bits per heavy atom. The largest absolute Gasteiger partial charge is 0.573 e. The predicted octanol–water partition coefficient (Wildman–Crippen LogP) is 3.08. The van der Waals surface area contributed by atoms with Gasteiger partial charge in [-0.15, -0.1) is 13.2 Å². The molecule has 1 N–H and O–H groups in total. The maximum absolute atomic E-state index is 12.0. The zero-order valence-electron chi connectivity index (χ0n) is 10.6. The van der Waals surface area contributed by atoms with Crippen molar-refractivity contribution >= 4 is 0 Å². The Morgan fingerprint density at radius 2 is 1.90 bits per heavy atom. The Hall–Kier alpha value is -2.02. The highest BCUT2D eigenvalue weighted by Crippen LogP contribution is 2.27. The van der Waals surface area contributed by atoms with Crippen LogP contribution in [-0.4, -0.2) is 23.1 Å². The molecule has 0 amide bonds. The van der Waals surface area contributed by atoms with Crippen LogP contribution in [0.2, 0.25) is 0 Å². The smallest absolute Gasteiger partial charge is 0.441 e. The van der Waals surface area contributed by atoms with Crippen molar-refractivity contribution in [3.8, 4) is 17.2 Å². The number of aliphatic hydroxyl groups is 1. The number of rotatable bonds is 4. The summed E-state index contributed by atoms with van der Waals surface area (Å²) in [6.45, 7) is 1.66. The van der Waals surface area contributed by atoms with E-state index in [-0.39, 0.29) is 12.4 Å². The molecule has 108 valence electrons. The maximum atomic E-state index is 12.0. The van der Waals surface area contributed by atoms with Gasteiger partial charge in [0.2, 0.25) is 5.89 Å². The Labute approximate surface area is 112 Å². The van der Waals surface area contributed by atoms with Gasteiger partial charge < -0.3 is 14.3 Å². The molecule has 0 aliphatic carbocycles. The van der Waals surface area contributed by atoms with E-state index in [0.717, 1.165) is 0 Å². The summed E-state index contributed by atoms with van der Waals surface area (Å²) in [4.78, 5) is 4.18. The summed E-state index contributed by atoms with van der Waals surface area (Å²) in [6, 6.07) is 5.23. The van der Waals surface area contributed by atoms with Gasteiger partial charge in [0.25, 0.3) is 0 Å². The lowest BCUT2D eigenvalue weighted by atomic mass is 10.2. The van der Waals surface area contributed by atoms with Crippen molar-refractivity contribution in [3.05, 3.63) is 35.7 Å². The van der Waals surface area contributed by atoms with Crippen molar-refractivity contribution < 1.29 is 27.4 Å². The highest BCUT2D eigenvalue weighted by Gasteiger charge is 2.31. The van der Waals surface area contributed by atoms with Crippen LogP contribution in [0.25, 0.3) is 11.5 Å². The topological polar surface area (TPSA) is 55.5 Å². The number of benzene rings is 1. The van der Waals surface area contributed by atoms with Gasteiger partial charge in [-0.25, -0.2) is 4.98 Å². The average molecular weight is 287 g/mol. The van der Waals surface area contributed by atoms with Crippen molar-refractivity contribution in [1.29, 1.82) is 0 Å². The predicted molar refractivity (Wildman–Crippen MR) is 64.1 cm³/mol. The number of aromatic nitrogens is 1.